The Bertz CT molecular complexity index is 364. The van der Waals surface area contributed by atoms with Crippen LogP contribution < -0.4 is 15.2 Å². The number of rotatable bonds is 8. The standard InChI is InChI=1S/C15H23NO2/c1-4-12(3)11-18-15-13(9-10-16)7-6-8-14(15)17-5-2/h6-8H,3-5,9-11,16H2,1-2H3. The lowest BCUT2D eigenvalue weighted by atomic mass is 10.1. The van der Waals surface area contributed by atoms with E-state index in [1.54, 1.807) is 0 Å². The third kappa shape index (κ3) is 4.08. The fraction of sp³-hybridized carbons (Fsp3) is 0.467. The Morgan fingerprint density at radius 2 is 2.06 bits per heavy atom. The predicted octanol–water partition coefficient (Wildman–Crippen LogP) is 2.93. The van der Waals surface area contributed by atoms with E-state index >= 15 is 0 Å². The van der Waals surface area contributed by atoms with E-state index in [0.717, 1.165) is 35.5 Å². The molecule has 0 radical (unpaired) electrons. The van der Waals surface area contributed by atoms with Crippen molar-refractivity contribution in [3.63, 3.8) is 0 Å². The van der Waals surface area contributed by atoms with Crippen molar-refractivity contribution in [3.8, 4) is 11.5 Å². The first-order chi connectivity index (χ1) is 8.72. The van der Waals surface area contributed by atoms with Gasteiger partial charge >= 0.3 is 0 Å². The van der Waals surface area contributed by atoms with E-state index in [1.165, 1.54) is 0 Å². The Labute approximate surface area is 110 Å². The van der Waals surface area contributed by atoms with E-state index in [9.17, 15) is 0 Å². The van der Waals surface area contributed by atoms with Gasteiger partial charge in [-0.15, -0.1) is 0 Å². The summed E-state index contributed by atoms with van der Waals surface area (Å²) >= 11 is 0. The molecule has 18 heavy (non-hydrogen) atoms. The molecule has 0 aliphatic rings. The molecule has 0 spiro atoms. The Kier molecular flexibility index (Phi) is 6.29. The van der Waals surface area contributed by atoms with Crippen molar-refractivity contribution in [2.75, 3.05) is 19.8 Å². The number of benzene rings is 1. The van der Waals surface area contributed by atoms with Crippen molar-refractivity contribution < 1.29 is 9.47 Å². The van der Waals surface area contributed by atoms with Gasteiger partial charge < -0.3 is 15.2 Å². The highest BCUT2D eigenvalue weighted by Gasteiger charge is 2.10. The number of ether oxygens (including phenoxy) is 2. The van der Waals surface area contributed by atoms with Crippen molar-refractivity contribution in [2.45, 2.75) is 26.7 Å². The molecule has 1 rings (SSSR count). The molecular weight excluding hydrogens is 226 g/mol. The average molecular weight is 249 g/mol. The lowest BCUT2D eigenvalue weighted by molar-refractivity contribution is 0.289. The highest BCUT2D eigenvalue weighted by molar-refractivity contribution is 5.47. The van der Waals surface area contributed by atoms with Crippen LogP contribution in [0.3, 0.4) is 0 Å². The largest absolute Gasteiger partial charge is 0.490 e. The van der Waals surface area contributed by atoms with Crippen LogP contribution in [0.25, 0.3) is 0 Å². The topological polar surface area (TPSA) is 44.5 Å². The first-order valence-corrected chi connectivity index (χ1v) is 6.47. The Hall–Kier alpha value is -1.48. The second-order valence-electron chi connectivity index (χ2n) is 4.11. The van der Waals surface area contributed by atoms with E-state index in [0.29, 0.717) is 19.8 Å². The second-order valence-corrected chi connectivity index (χ2v) is 4.11. The molecule has 1 aromatic carbocycles. The van der Waals surface area contributed by atoms with Gasteiger partial charge in [0.2, 0.25) is 0 Å². The van der Waals surface area contributed by atoms with Gasteiger partial charge in [-0.1, -0.05) is 25.6 Å². The molecule has 1 aromatic rings. The monoisotopic (exact) mass is 249 g/mol. The van der Waals surface area contributed by atoms with Gasteiger partial charge in [-0.05, 0) is 43.5 Å². The minimum atomic E-state index is 0.526. The smallest absolute Gasteiger partial charge is 0.164 e. The van der Waals surface area contributed by atoms with Crippen LogP contribution in [-0.4, -0.2) is 19.8 Å². The zero-order chi connectivity index (χ0) is 13.4. The molecule has 0 heterocycles. The molecule has 0 unspecified atom stereocenters. The summed E-state index contributed by atoms with van der Waals surface area (Å²) in [5.74, 6) is 1.59. The minimum absolute atomic E-state index is 0.526. The summed E-state index contributed by atoms with van der Waals surface area (Å²) in [7, 11) is 0. The molecule has 2 N–H and O–H groups in total. The van der Waals surface area contributed by atoms with E-state index in [4.69, 9.17) is 15.2 Å². The summed E-state index contributed by atoms with van der Waals surface area (Å²) in [4.78, 5) is 0. The molecule has 0 bridgehead atoms. The Balaban J connectivity index is 2.90. The minimum Gasteiger partial charge on any atom is -0.490 e. The molecule has 0 amide bonds. The lowest BCUT2D eigenvalue weighted by Gasteiger charge is -2.16. The summed E-state index contributed by atoms with van der Waals surface area (Å²) in [6.07, 6.45) is 1.71. The second kappa shape index (κ2) is 7.77. The number of nitrogens with two attached hydrogens (primary N) is 1. The molecule has 3 nitrogen and oxygen atoms in total. The molecule has 3 heteroatoms. The quantitative estimate of drug-likeness (QED) is 0.720. The van der Waals surface area contributed by atoms with Gasteiger partial charge in [0.1, 0.15) is 6.61 Å². The van der Waals surface area contributed by atoms with Crippen LogP contribution in [0.2, 0.25) is 0 Å². The molecule has 0 fully saturated rings. The SMILES string of the molecule is C=C(CC)COc1c(CCN)cccc1OCC. The number of para-hydroxylation sites is 1. The highest BCUT2D eigenvalue weighted by atomic mass is 16.5. The van der Waals surface area contributed by atoms with Crippen LogP contribution in [0, 0.1) is 0 Å². The van der Waals surface area contributed by atoms with Crippen LogP contribution in [-0.2, 0) is 6.42 Å². The molecule has 0 saturated carbocycles. The fourth-order valence-electron chi connectivity index (χ4n) is 1.62. The van der Waals surface area contributed by atoms with Gasteiger partial charge in [0.05, 0.1) is 6.61 Å². The molecular formula is C15H23NO2. The third-order valence-electron chi connectivity index (χ3n) is 2.69. The van der Waals surface area contributed by atoms with Crippen LogP contribution >= 0.6 is 0 Å². The maximum atomic E-state index is 5.85. The normalized spacial score (nSPS) is 10.2. The summed E-state index contributed by atoms with van der Waals surface area (Å²) < 4.78 is 11.4. The first kappa shape index (κ1) is 14.6. The fourth-order valence-corrected chi connectivity index (χ4v) is 1.62. The van der Waals surface area contributed by atoms with Crippen molar-refractivity contribution in [3.05, 3.63) is 35.9 Å². The van der Waals surface area contributed by atoms with Gasteiger partial charge in [0.15, 0.2) is 11.5 Å². The molecule has 0 aromatic heterocycles. The van der Waals surface area contributed by atoms with Crippen LogP contribution in [0.5, 0.6) is 11.5 Å². The summed E-state index contributed by atoms with van der Waals surface area (Å²) in [6, 6.07) is 5.92. The third-order valence-corrected chi connectivity index (χ3v) is 2.69. The van der Waals surface area contributed by atoms with Crippen molar-refractivity contribution in [1.82, 2.24) is 0 Å². The summed E-state index contributed by atoms with van der Waals surface area (Å²) in [5.41, 5.74) is 7.78. The van der Waals surface area contributed by atoms with E-state index in [-0.39, 0.29) is 0 Å². The van der Waals surface area contributed by atoms with E-state index in [1.807, 2.05) is 25.1 Å². The summed E-state index contributed by atoms with van der Waals surface area (Å²) in [6.45, 7) is 9.73. The average Bonchev–Trinajstić information content (AvgIpc) is 2.38. The van der Waals surface area contributed by atoms with E-state index in [2.05, 4.69) is 13.5 Å². The number of hydrogen-bond donors (Lipinski definition) is 1. The summed E-state index contributed by atoms with van der Waals surface area (Å²) in [5, 5.41) is 0. The van der Waals surface area contributed by atoms with E-state index < -0.39 is 0 Å². The Morgan fingerprint density at radius 1 is 1.28 bits per heavy atom. The maximum Gasteiger partial charge on any atom is 0.164 e. The van der Waals surface area contributed by atoms with Crippen LogP contribution in [0.1, 0.15) is 25.8 Å². The van der Waals surface area contributed by atoms with Gasteiger partial charge in [-0.2, -0.15) is 0 Å². The van der Waals surface area contributed by atoms with Crippen LogP contribution in [0.4, 0.5) is 0 Å². The predicted molar refractivity (Wildman–Crippen MR) is 75.3 cm³/mol. The number of hydrogen-bond acceptors (Lipinski definition) is 3. The van der Waals surface area contributed by atoms with Crippen molar-refractivity contribution in [1.29, 1.82) is 0 Å². The molecule has 0 atom stereocenters. The molecule has 0 saturated heterocycles. The maximum absolute atomic E-state index is 5.85. The molecule has 100 valence electrons. The molecule has 0 aliphatic heterocycles. The zero-order valence-corrected chi connectivity index (χ0v) is 11.4. The van der Waals surface area contributed by atoms with Gasteiger partial charge in [0.25, 0.3) is 0 Å². The van der Waals surface area contributed by atoms with Gasteiger partial charge in [-0.25, -0.2) is 0 Å². The van der Waals surface area contributed by atoms with Gasteiger partial charge in [-0.3, -0.25) is 0 Å². The van der Waals surface area contributed by atoms with Gasteiger partial charge in [0, 0.05) is 0 Å². The Morgan fingerprint density at radius 3 is 2.67 bits per heavy atom. The lowest BCUT2D eigenvalue weighted by Crippen LogP contribution is -2.08. The van der Waals surface area contributed by atoms with Crippen molar-refractivity contribution >= 4 is 0 Å². The molecule has 0 aliphatic carbocycles. The highest BCUT2D eigenvalue weighted by Crippen LogP contribution is 2.32. The first-order valence-electron chi connectivity index (χ1n) is 6.47. The van der Waals surface area contributed by atoms with Crippen molar-refractivity contribution in [2.24, 2.45) is 5.73 Å². The van der Waals surface area contributed by atoms with Crippen LogP contribution in [0.15, 0.2) is 30.4 Å². The zero-order valence-electron chi connectivity index (χ0n) is 11.4.